The molecular formula is C57H107NO5. The van der Waals surface area contributed by atoms with E-state index in [1.54, 1.807) is 6.08 Å². The van der Waals surface area contributed by atoms with E-state index >= 15 is 0 Å². The van der Waals surface area contributed by atoms with Crippen LogP contribution in [-0.2, 0) is 14.3 Å². The number of unbranched alkanes of at least 4 members (excludes halogenated alkanes) is 36. The Balaban J connectivity index is 3.44. The Morgan fingerprint density at radius 3 is 1.21 bits per heavy atom. The quantitative estimate of drug-likeness (QED) is 0.0321. The van der Waals surface area contributed by atoms with Crippen molar-refractivity contribution in [2.24, 2.45) is 0 Å². The number of allylic oxidation sites excluding steroid dienone is 4. The molecule has 0 saturated heterocycles. The van der Waals surface area contributed by atoms with Crippen molar-refractivity contribution in [1.82, 2.24) is 5.32 Å². The van der Waals surface area contributed by atoms with Crippen LogP contribution in [0.4, 0.5) is 0 Å². The minimum absolute atomic E-state index is 0.0330. The SMILES string of the molecule is CCCCCCCCC/C=C/C(O)C(CO)NC(=O)CCCCCCCCCCCCCCCC/C=C\C/C=C\CCOC(=O)CCCCCCCCCCCCCCCCCC. The van der Waals surface area contributed by atoms with Crippen LogP contribution in [0.1, 0.15) is 290 Å². The first-order valence-electron chi connectivity index (χ1n) is 27.8. The van der Waals surface area contributed by atoms with Crippen LogP contribution in [0.25, 0.3) is 0 Å². The van der Waals surface area contributed by atoms with Crippen LogP contribution in [0, 0.1) is 0 Å². The molecule has 0 spiro atoms. The van der Waals surface area contributed by atoms with Crippen LogP contribution >= 0.6 is 0 Å². The molecule has 0 bridgehead atoms. The first-order chi connectivity index (χ1) is 31.0. The van der Waals surface area contributed by atoms with Crippen LogP contribution in [-0.4, -0.2) is 47.4 Å². The molecule has 0 aromatic rings. The smallest absolute Gasteiger partial charge is 0.305 e. The molecule has 0 aliphatic rings. The van der Waals surface area contributed by atoms with Gasteiger partial charge in [0.1, 0.15) is 0 Å². The van der Waals surface area contributed by atoms with Gasteiger partial charge in [0.15, 0.2) is 0 Å². The van der Waals surface area contributed by atoms with Gasteiger partial charge < -0.3 is 20.3 Å². The lowest BCUT2D eigenvalue weighted by Crippen LogP contribution is -2.45. The summed E-state index contributed by atoms with van der Waals surface area (Å²) < 4.78 is 5.42. The molecule has 1 amide bonds. The van der Waals surface area contributed by atoms with Crippen molar-refractivity contribution >= 4 is 11.9 Å². The topological polar surface area (TPSA) is 95.9 Å². The van der Waals surface area contributed by atoms with Gasteiger partial charge in [-0.15, -0.1) is 0 Å². The zero-order valence-electron chi connectivity index (χ0n) is 42.1. The molecule has 0 rings (SSSR count). The number of hydrogen-bond acceptors (Lipinski definition) is 5. The molecule has 0 fully saturated rings. The molecule has 0 aromatic heterocycles. The zero-order valence-corrected chi connectivity index (χ0v) is 42.1. The molecule has 0 aliphatic heterocycles. The van der Waals surface area contributed by atoms with E-state index in [1.807, 2.05) is 6.08 Å². The summed E-state index contributed by atoms with van der Waals surface area (Å²) in [6.07, 6.45) is 64.7. The number of aliphatic hydroxyl groups is 2. The van der Waals surface area contributed by atoms with Gasteiger partial charge in [0.05, 0.1) is 25.4 Å². The van der Waals surface area contributed by atoms with Crippen molar-refractivity contribution in [3.05, 3.63) is 36.5 Å². The molecule has 0 heterocycles. The monoisotopic (exact) mass is 886 g/mol. The minimum Gasteiger partial charge on any atom is -0.465 e. The summed E-state index contributed by atoms with van der Waals surface area (Å²) in [5, 5.41) is 22.9. The summed E-state index contributed by atoms with van der Waals surface area (Å²) in [5.41, 5.74) is 0. The lowest BCUT2D eigenvalue weighted by atomic mass is 10.0. The minimum atomic E-state index is -0.845. The second-order valence-electron chi connectivity index (χ2n) is 18.9. The number of esters is 1. The largest absolute Gasteiger partial charge is 0.465 e. The summed E-state index contributed by atoms with van der Waals surface area (Å²) >= 11 is 0. The maximum atomic E-state index is 12.4. The summed E-state index contributed by atoms with van der Waals surface area (Å²) in [7, 11) is 0. The number of rotatable bonds is 51. The summed E-state index contributed by atoms with van der Waals surface area (Å²) in [6, 6.07) is -0.629. The van der Waals surface area contributed by atoms with Crippen molar-refractivity contribution in [3.8, 4) is 0 Å². The number of amides is 1. The maximum Gasteiger partial charge on any atom is 0.305 e. The van der Waals surface area contributed by atoms with Gasteiger partial charge in [-0.2, -0.15) is 0 Å². The van der Waals surface area contributed by atoms with Crippen molar-refractivity contribution in [1.29, 1.82) is 0 Å². The fraction of sp³-hybridized carbons (Fsp3) is 0.860. The fourth-order valence-corrected chi connectivity index (χ4v) is 8.41. The van der Waals surface area contributed by atoms with Gasteiger partial charge in [-0.05, 0) is 51.4 Å². The third-order valence-corrected chi connectivity index (χ3v) is 12.7. The molecule has 370 valence electrons. The number of carbonyl (C=O) groups is 2. The van der Waals surface area contributed by atoms with Crippen molar-refractivity contribution in [2.75, 3.05) is 13.2 Å². The maximum absolute atomic E-state index is 12.4. The Labute approximate surface area is 392 Å². The molecule has 0 saturated carbocycles. The average molecular weight is 886 g/mol. The number of carbonyl (C=O) groups excluding carboxylic acids is 2. The van der Waals surface area contributed by atoms with Gasteiger partial charge in [0, 0.05) is 12.8 Å². The van der Waals surface area contributed by atoms with Crippen molar-refractivity contribution in [2.45, 2.75) is 302 Å². The summed E-state index contributed by atoms with van der Waals surface area (Å²) in [6.45, 7) is 4.77. The number of nitrogens with one attached hydrogen (secondary N) is 1. The van der Waals surface area contributed by atoms with E-state index in [1.165, 1.54) is 212 Å². The van der Waals surface area contributed by atoms with Gasteiger partial charge in [0.25, 0.3) is 0 Å². The Morgan fingerprint density at radius 2 is 0.794 bits per heavy atom. The number of hydrogen-bond donors (Lipinski definition) is 3. The Bertz CT molecular complexity index is 1020. The predicted octanol–water partition coefficient (Wildman–Crippen LogP) is 16.9. The Hall–Kier alpha value is -1.92. The third kappa shape index (κ3) is 49.4. The van der Waals surface area contributed by atoms with Gasteiger partial charge in [-0.1, -0.05) is 262 Å². The highest BCUT2D eigenvalue weighted by Crippen LogP contribution is 2.16. The third-order valence-electron chi connectivity index (χ3n) is 12.7. The first-order valence-corrected chi connectivity index (χ1v) is 27.8. The van der Waals surface area contributed by atoms with E-state index in [0.29, 0.717) is 19.4 Å². The van der Waals surface area contributed by atoms with Crippen LogP contribution < -0.4 is 5.32 Å². The lowest BCUT2D eigenvalue weighted by Gasteiger charge is -2.20. The second-order valence-corrected chi connectivity index (χ2v) is 18.9. The number of ether oxygens (including phenoxy) is 1. The molecule has 63 heavy (non-hydrogen) atoms. The van der Waals surface area contributed by atoms with Crippen LogP contribution in [0.15, 0.2) is 36.5 Å². The predicted molar refractivity (Wildman–Crippen MR) is 273 cm³/mol. The first kappa shape index (κ1) is 61.1. The van der Waals surface area contributed by atoms with E-state index in [0.717, 1.165) is 51.4 Å². The normalized spacial score (nSPS) is 12.9. The van der Waals surface area contributed by atoms with Gasteiger partial charge in [0.2, 0.25) is 5.91 Å². The molecule has 6 heteroatoms. The second kappa shape index (κ2) is 52.7. The molecule has 0 aromatic carbocycles. The molecule has 0 aliphatic carbocycles. The van der Waals surface area contributed by atoms with Crippen molar-refractivity contribution in [3.63, 3.8) is 0 Å². The standard InChI is InChI=1S/C57H107NO5/c1-3-5-7-9-11-13-14-15-16-25-28-31-35-39-43-47-51-57(62)63-52-48-44-40-36-32-29-26-23-21-19-17-18-20-22-24-27-30-34-38-42-46-50-56(61)58-54(53-59)55(60)49-45-41-37-33-12-10-8-6-4-2/h29,32,40,44-45,49,54-55,59-60H,3-28,30-31,33-39,41-43,46-48,50-53H2,1-2H3,(H,58,61)/b32-29-,44-40-,49-45+. The molecule has 3 N–H and O–H groups in total. The van der Waals surface area contributed by atoms with E-state index in [2.05, 4.69) is 43.5 Å². The summed E-state index contributed by atoms with van der Waals surface area (Å²) in [4.78, 5) is 24.4. The highest BCUT2D eigenvalue weighted by Gasteiger charge is 2.18. The summed E-state index contributed by atoms with van der Waals surface area (Å²) in [5.74, 6) is -0.109. The molecule has 0 radical (unpaired) electrons. The lowest BCUT2D eigenvalue weighted by molar-refractivity contribution is -0.143. The molecule has 2 unspecified atom stereocenters. The van der Waals surface area contributed by atoms with Crippen LogP contribution in [0.5, 0.6) is 0 Å². The van der Waals surface area contributed by atoms with E-state index < -0.39 is 12.1 Å². The van der Waals surface area contributed by atoms with Crippen molar-refractivity contribution < 1.29 is 24.5 Å². The molecule has 2 atom stereocenters. The van der Waals surface area contributed by atoms with Crippen LogP contribution in [0.3, 0.4) is 0 Å². The molecular weight excluding hydrogens is 779 g/mol. The van der Waals surface area contributed by atoms with Crippen LogP contribution in [0.2, 0.25) is 0 Å². The van der Waals surface area contributed by atoms with E-state index in [9.17, 15) is 19.8 Å². The van der Waals surface area contributed by atoms with E-state index in [4.69, 9.17) is 4.74 Å². The highest BCUT2D eigenvalue weighted by atomic mass is 16.5. The number of aliphatic hydroxyl groups excluding tert-OH is 2. The zero-order chi connectivity index (χ0) is 45.8. The average Bonchev–Trinajstić information content (AvgIpc) is 3.28. The molecule has 6 nitrogen and oxygen atoms in total. The Morgan fingerprint density at radius 1 is 0.444 bits per heavy atom. The van der Waals surface area contributed by atoms with E-state index in [-0.39, 0.29) is 18.5 Å². The fourth-order valence-electron chi connectivity index (χ4n) is 8.41. The van der Waals surface area contributed by atoms with Gasteiger partial charge in [-0.25, -0.2) is 0 Å². The Kier molecular flexibility index (Phi) is 51.1. The van der Waals surface area contributed by atoms with Gasteiger partial charge >= 0.3 is 5.97 Å². The van der Waals surface area contributed by atoms with Gasteiger partial charge in [-0.3, -0.25) is 9.59 Å². The highest BCUT2D eigenvalue weighted by molar-refractivity contribution is 5.76.